The average Bonchev–Trinajstić information content (AvgIpc) is 2.44. The van der Waals surface area contributed by atoms with Crippen molar-refractivity contribution in [3.05, 3.63) is 28.8 Å². The maximum atomic E-state index is 12.1. The topological polar surface area (TPSA) is 70.6 Å². The number of methoxy groups -OCH3 is 1. The van der Waals surface area contributed by atoms with Crippen LogP contribution in [-0.2, 0) is 6.54 Å². The number of aliphatic hydroxyl groups is 1. The van der Waals surface area contributed by atoms with E-state index in [1.807, 2.05) is 0 Å². The first kappa shape index (κ1) is 18.4. The van der Waals surface area contributed by atoms with Gasteiger partial charge in [-0.15, -0.1) is 0 Å². The molecule has 0 aliphatic rings. The number of carbonyl (C=O) groups excluding carboxylic acids is 1. The van der Waals surface area contributed by atoms with Gasteiger partial charge in [-0.2, -0.15) is 13.2 Å². The first-order valence-electron chi connectivity index (χ1n) is 6.33. The summed E-state index contributed by atoms with van der Waals surface area (Å²) < 4.78 is 41.3. The van der Waals surface area contributed by atoms with E-state index in [1.54, 1.807) is 18.2 Å². The molecule has 1 aromatic carbocycles. The van der Waals surface area contributed by atoms with Crippen molar-refractivity contribution < 1.29 is 27.8 Å². The van der Waals surface area contributed by atoms with Crippen LogP contribution >= 0.6 is 11.6 Å². The Kier molecular flexibility index (Phi) is 6.76. The predicted molar refractivity (Wildman–Crippen MR) is 74.9 cm³/mol. The van der Waals surface area contributed by atoms with Crippen LogP contribution in [0.5, 0.6) is 5.75 Å². The number of hydrogen-bond donors (Lipinski definition) is 3. The Labute approximate surface area is 130 Å². The Hall–Kier alpha value is -1.67. The van der Waals surface area contributed by atoms with E-state index in [4.69, 9.17) is 21.4 Å². The minimum absolute atomic E-state index is 0.0946. The molecule has 0 aliphatic heterocycles. The summed E-state index contributed by atoms with van der Waals surface area (Å²) in [4.78, 5) is 11.5. The fraction of sp³-hybridized carbons (Fsp3) is 0.462. The number of halogens is 4. The number of carbonyl (C=O) groups is 1. The van der Waals surface area contributed by atoms with Gasteiger partial charge in [-0.1, -0.05) is 11.6 Å². The van der Waals surface area contributed by atoms with E-state index in [-0.39, 0.29) is 13.1 Å². The summed E-state index contributed by atoms with van der Waals surface area (Å²) in [6.45, 7) is -0.212. The van der Waals surface area contributed by atoms with Gasteiger partial charge < -0.3 is 20.5 Å². The van der Waals surface area contributed by atoms with Crippen LogP contribution in [0.1, 0.15) is 12.0 Å². The smallest absolute Gasteiger partial charge is 0.414 e. The van der Waals surface area contributed by atoms with Crippen LogP contribution in [0.4, 0.5) is 18.0 Å². The van der Waals surface area contributed by atoms with E-state index in [0.717, 1.165) is 0 Å². The van der Waals surface area contributed by atoms with Gasteiger partial charge in [0.25, 0.3) is 0 Å². The number of aliphatic hydroxyl groups excluding tert-OH is 1. The van der Waals surface area contributed by atoms with Gasteiger partial charge in [0.1, 0.15) is 5.75 Å². The molecule has 0 fully saturated rings. The summed E-state index contributed by atoms with van der Waals surface area (Å²) >= 11 is 5.83. The van der Waals surface area contributed by atoms with Crippen molar-refractivity contribution in [3.8, 4) is 5.75 Å². The zero-order valence-corrected chi connectivity index (χ0v) is 12.5. The first-order chi connectivity index (χ1) is 10.2. The van der Waals surface area contributed by atoms with Gasteiger partial charge in [0.05, 0.1) is 7.11 Å². The summed E-state index contributed by atoms with van der Waals surface area (Å²) in [5.74, 6) is 0.525. The lowest BCUT2D eigenvalue weighted by molar-refractivity contribution is -0.204. The zero-order chi connectivity index (χ0) is 16.8. The Bertz CT molecular complexity index is 512. The third-order valence-corrected chi connectivity index (χ3v) is 3.00. The monoisotopic (exact) mass is 340 g/mol. The number of alkyl halides is 3. The first-order valence-corrected chi connectivity index (χ1v) is 6.70. The molecule has 5 nitrogen and oxygen atoms in total. The molecule has 9 heteroatoms. The van der Waals surface area contributed by atoms with E-state index in [2.05, 4.69) is 10.6 Å². The SMILES string of the molecule is COc1ccc(Cl)cc1CNC(=O)NCC[C@H](O)C(F)(F)F. The van der Waals surface area contributed by atoms with E-state index < -0.39 is 24.7 Å². The van der Waals surface area contributed by atoms with Crippen LogP contribution in [0.2, 0.25) is 5.02 Å². The summed E-state index contributed by atoms with van der Waals surface area (Å²) in [5, 5.41) is 13.9. The predicted octanol–water partition coefficient (Wildman–Crippen LogP) is 2.46. The molecule has 124 valence electrons. The molecule has 1 aromatic rings. The Morgan fingerprint density at radius 2 is 2.09 bits per heavy atom. The quantitative estimate of drug-likeness (QED) is 0.745. The van der Waals surface area contributed by atoms with E-state index in [1.165, 1.54) is 7.11 Å². The second kappa shape index (κ2) is 8.09. The van der Waals surface area contributed by atoms with Crippen molar-refractivity contribution in [2.45, 2.75) is 25.2 Å². The highest BCUT2D eigenvalue weighted by Gasteiger charge is 2.37. The number of ether oxygens (including phenoxy) is 1. The fourth-order valence-corrected chi connectivity index (χ4v) is 1.80. The lowest BCUT2D eigenvalue weighted by atomic mass is 10.2. The lowest BCUT2D eigenvalue weighted by Crippen LogP contribution is -2.38. The molecular weight excluding hydrogens is 325 g/mol. The van der Waals surface area contributed by atoms with Gasteiger partial charge in [-0.05, 0) is 24.6 Å². The van der Waals surface area contributed by atoms with Crippen molar-refractivity contribution >= 4 is 17.6 Å². The largest absolute Gasteiger partial charge is 0.496 e. The van der Waals surface area contributed by atoms with Crippen LogP contribution in [-0.4, -0.2) is 37.1 Å². The number of amides is 2. The normalized spacial score (nSPS) is 12.6. The summed E-state index contributed by atoms with van der Waals surface area (Å²) in [5.41, 5.74) is 0.625. The second-order valence-corrected chi connectivity index (χ2v) is 4.85. The van der Waals surface area contributed by atoms with Crippen molar-refractivity contribution in [2.75, 3.05) is 13.7 Å². The molecule has 3 N–H and O–H groups in total. The van der Waals surface area contributed by atoms with Gasteiger partial charge in [0.15, 0.2) is 6.10 Å². The van der Waals surface area contributed by atoms with E-state index >= 15 is 0 Å². The fourth-order valence-electron chi connectivity index (χ4n) is 1.61. The summed E-state index contributed by atoms with van der Waals surface area (Å²) in [6.07, 6.45) is -7.76. The molecule has 0 saturated heterocycles. The van der Waals surface area contributed by atoms with Crippen LogP contribution in [0, 0.1) is 0 Å². The third kappa shape index (κ3) is 5.98. The molecule has 0 saturated carbocycles. The number of hydrogen-bond acceptors (Lipinski definition) is 3. The standard InChI is InChI=1S/C13H16ClF3N2O3/c1-22-10-3-2-9(14)6-8(10)7-19-12(21)18-5-4-11(20)13(15,16)17/h2-3,6,11,20H,4-5,7H2,1H3,(H2,18,19,21)/t11-/m0/s1. The molecule has 0 heterocycles. The van der Waals surface area contributed by atoms with Crippen LogP contribution in [0.25, 0.3) is 0 Å². The highest BCUT2D eigenvalue weighted by atomic mass is 35.5. The van der Waals surface area contributed by atoms with Gasteiger partial charge in [-0.3, -0.25) is 0 Å². The molecule has 0 unspecified atom stereocenters. The molecule has 22 heavy (non-hydrogen) atoms. The van der Waals surface area contributed by atoms with Gasteiger partial charge in [0.2, 0.25) is 0 Å². The molecule has 0 bridgehead atoms. The van der Waals surface area contributed by atoms with Gasteiger partial charge in [-0.25, -0.2) is 4.79 Å². The highest BCUT2D eigenvalue weighted by Crippen LogP contribution is 2.22. The lowest BCUT2D eigenvalue weighted by Gasteiger charge is -2.15. The third-order valence-electron chi connectivity index (χ3n) is 2.76. The van der Waals surface area contributed by atoms with Crippen LogP contribution < -0.4 is 15.4 Å². The molecule has 1 atom stereocenters. The molecule has 2 amide bonds. The Balaban J connectivity index is 2.39. The molecule has 1 rings (SSSR count). The molecule has 0 aromatic heterocycles. The number of urea groups is 1. The highest BCUT2D eigenvalue weighted by molar-refractivity contribution is 6.30. The van der Waals surface area contributed by atoms with Crippen molar-refractivity contribution in [3.63, 3.8) is 0 Å². The Morgan fingerprint density at radius 3 is 2.68 bits per heavy atom. The zero-order valence-electron chi connectivity index (χ0n) is 11.7. The minimum atomic E-state index is -4.69. The average molecular weight is 341 g/mol. The molecular formula is C13H16ClF3N2O3. The van der Waals surface area contributed by atoms with Crippen molar-refractivity contribution in [1.82, 2.24) is 10.6 Å². The van der Waals surface area contributed by atoms with Crippen molar-refractivity contribution in [1.29, 1.82) is 0 Å². The van der Waals surface area contributed by atoms with E-state index in [9.17, 15) is 18.0 Å². The Morgan fingerprint density at radius 1 is 1.41 bits per heavy atom. The van der Waals surface area contributed by atoms with E-state index in [0.29, 0.717) is 16.3 Å². The summed E-state index contributed by atoms with van der Waals surface area (Å²) in [7, 11) is 1.46. The molecule has 0 radical (unpaired) electrons. The minimum Gasteiger partial charge on any atom is -0.496 e. The number of nitrogens with one attached hydrogen (secondary N) is 2. The summed E-state index contributed by atoms with van der Waals surface area (Å²) in [6, 6.07) is 4.21. The van der Waals surface area contributed by atoms with Crippen LogP contribution in [0.15, 0.2) is 18.2 Å². The van der Waals surface area contributed by atoms with Gasteiger partial charge >= 0.3 is 12.2 Å². The second-order valence-electron chi connectivity index (χ2n) is 4.41. The maximum Gasteiger partial charge on any atom is 0.414 e. The number of benzene rings is 1. The number of rotatable bonds is 6. The van der Waals surface area contributed by atoms with Crippen molar-refractivity contribution in [2.24, 2.45) is 0 Å². The van der Waals surface area contributed by atoms with Crippen LogP contribution in [0.3, 0.4) is 0 Å². The van der Waals surface area contributed by atoms with Gasteiger partial charge in [0, 0.05) is 23.7 Å². The maximum absolute atomic E-state index is 12.1. The molecule has 0 aliphatic carbocycles. The molecule has 0 spiro atoms.